The van der Waals surface area contributed by atoms with Crippen LogP contribution in [-0.4, -0.2) is 30.9 Å². The molecule has 18 heavy (non-hydrogen) atoms. The molecule has 0 saturated carbocycles. The Bertz CT molecular complexity index is 448. The lowest BCUT2D eigenvalue weighted by atomic mass is 10.1. The second-order valence-electron chi connectivity index (χ2n) is 3.71. The van der Waals surface area contributed by atoms with Crippen molar-refractivity contribution in [2.75, 3.05) is 20.1 Å². The molecule has 1 aromatic rings. The minimum atomic E-state index is -4.50. The van der Waals surface area contributed by atoms with Crippen molar-refractivity contribution in [3.63, 3.8) is 0 Å². The highest BCUT2D eigenvalue weighted by Gasteiger charge is 2.33. The molecule has 1 rings (SSSR count). The first-order valence-electron chi connectivity index (χ1n) is 5.09. The number of nitrogens with zero attached hydrogens (tertiary/aromatic N) is 1. The molecule has 0 heterocycles. The zero-order valence-corrected chi connectivity index (χ0v) is 11.2. The molecule has 1 aromatic carbocycles. The molecule has 0 aliphatic carbocycles. The van der Waals surface area contributed by atoms with Crippen molar-refractivity contribution in [1.82, 2.24) is 4.90 Å². The molecular weight excluding hydrogens is 313 g/mol. The Morgan fingerprint density at radius 3 is 2.56 bits per heavy atom. The molecule has 0 bridgehead atoms. The minimum absolute atomic E-state index is 0.0125. The predicted octanol–water partition coefficient (Wildman–Crippen LogP) is 2.50. The van der Waals surface area contributed by atoms with Crippen molar-refractivity contribution >= 4 is 21.8 Å². The van der Waals surface area contributed by atoms with Gasteiger partial charge in [0, 0.05) is 30.2 Å². The van der Waals surface area contributed by atoms with Gasteiger partial charge in [-0.25, -0.2) is 0 Å². The van der Waals surface area contributed by atoms with Crippen LogP contribution in [-0.2, 0) is 6.18 Å². The molecule has 0 atom stereocenters. The van der Waals surface area contributed by atoms with Crippen LogP contribution in [0.1, 0.15) is 15.9 Å². The Hall–Kier alpha value is -1.08. The molecule has 7 heteroatoms. The lowest BCUT2D eigenvalue weighted by molar-refractivity contribution is -0.138. The summed E-state index contributed by atoms with van der Waals surface area (Å²) in [7, 11) is 1.49. The van der Waals surface area contributed by atoms with E-state index in [1.54, 1.807) is 0 Å². The van der Waals surface area contributed by atoms with E-state index in [4.69, 9.17) is 5.73 Å². The Morgan fingerprint density at radius 1 is 1.44 bits per heavy atom. The van der Waals surface area contributed by atoms with Gasteiger partial charge < -0.3 is 10.6 Å². The predicted molar refractivity (Wildman–Crippen MR) is 65.2 cm³/mol. The lowest BCUT2D eigenvalue weighted by Gasteiger charge is -2.17. The summed E-state index contributed by atoms with van der Waals surface area (Å²) in [5.74, 6) is -0.488. The van der Waals surface area contributed by atoms with Gasteiger partial charge in [-0.1, -0.05) is 15.9 Å². The van der Waals surface area contributed by atoms with Crippen molar-refractivity contribution in [2.24, 2.45) is 5.73 Å². The monoisotopic (exact) mass is 324 g/mol. The second-order valence-corrected chi connectivity index (χ2v) is 4.56. The van der Waals surface area contributed by atoms with E-state index in [1.807, 2.05) is 0 Å². The Kier molecular flexibility index (Phi) is 4.75. The largest absolute Gasteiger partial charge is 0.417 e. The number of carbonyl (C=O) groups is 1. The van der Waals surface area contributed by atoms with E-state index in [0.29, 0.717) is 0 Å². The number of alkyl halides is 3. The smallest absolute Gasteiger partial charge is 0.340 e. The van der Waals surface area contributed by atoms with E-state index in [-0.39, 0.29) is 23.1 Å². The van der Waals surface area contributed by atoms with Gasteiger partial charge in [-0.05, 0) is 18.2 Å². The van der Waals surface area contributed by atoms with Crippen LogP contribution in [0.5, 0.6) is 0 Å². The molecular formula is C11H12BrF3N2O. The Balaban J connectivity index is 3.09. The van der Waals surface area contributed by atoms with E-state index in [9.17, 15) is 18.0 Å². The van der Waals surface area contributed by atoms with Crippen LogP contribution in [0.2, 0.25) is 0 Å². The van der Waals surface area contributed by atoms with Gasteiger partial charge in [-0.15, -0.1) is 0 Å². The number of nitrogens with two attached hydrogens (primary N) is 1. The Labute approximate surface area is 111 Å². The van der Waals surface area contributed by atoms with E-state index in [0.717, 1.165) is 6.07 Å². The summed E-state index contributed by atoms with van der Waals surface area (Å²) in [5.41, 5.74) is 4.41. The summed E-state index contributed by atoms with van der Waals surface area (Å²) in [6.07, 6.45) is -4.50. The first-order valence-corrected chi connectivity index (χ1v) is 5.89. The van der Waals surface area contributed by atoms with Gasteiger partial charge in [-0.2, -0.15) is 13.2 Å². The fourth-order valence-corrected chi connectivity index (χ4v) is 1.86. The molecule has 0 fully saturated rings. The third-order valence-electron chi connectivity index (χ3n) is 2.33. The van der Waals surface area contributed by atoms with Gasteiger partial charge in [0.15, 0.2) is 0 Å². The number of rotatable bonds is 3. The van der Waals surface area contributed by atoms with Gasteiger partial charge >= 0.3 is 6.18 Å². The molecule has 0 radical (unpaired) electrons. The van der Waals surface area contributed by atoms with E-state index >= 15 is 0 Å². The van der Waals surface area contributed by atoms with Crippen molar-refractivity contribution < 1.29 is 18.0 Å². The maximum absolute atomic E-state index is 12.7. The number of carbonyl (C=O) groups excluding carboxylic acids is 1. The van der Waals surface area contributed by atoms with Crippen LogP contribution >= 0.6 is 15.9 Å². The molecule has 0 aliphatic heterocycles. The third kappa shape index (κ3) is 3.46. The molecule has 3 nitrogen and oxygen atoms in total. The molecule has 1 amide bonds. The van der Waals surface area contributed by atoms with Gasteiger partial charge in [0.2, 0.25) is 0 Å². The van der Waals surface area contributed by atoms with Crippen LogP contribution in [0.4, 0.5) is 13.2 Å². The number of benzene rings is 1. The third-order valence-corrected chi connectivity index (χ3v) is 3.02. The van der Waals surface area contributed by atoms with E-state index in [1.165, 1.54) is 24.1 Å². The summed E-state index contributed by atoms with van der Waals surface area (Å²) in [6.45, 7) is 0.543. The van der Waals surface area contributed by atoms with Crippen LogP contribution in [0, 0.1) is 0 Å². The van der Waals surface area contributed by atoms with Gasteiger partial charge in [0.1, 0.15) is 0 Å². The summed E-state index contributed by atoms with van der Waals surface area (Å²) in [4.78, 5) is 13.1. The minimum Gasteiger partial charge on any atom is -0.340 e. The van der Waals surface area contributed by atoms with E-state index < -0.39 is 17.6 Å². The zero-order chi connectivity index (χ0) is 13.9. The average molecular weight is 325 g/mol. The average Bonchev–Trinajstić information content (AvgIpc) is 2.27. The van der Waals surface area contributed by atoms with E-state index in [2.05, 4.69) is 15.9 Å². The van der Waals surface area contributed by atoms with Crippen LogP contribution in [0.25, 0.3) is 0 Å². The summed E-state index contributed by atoms with van der Waals surface area (Å²) in [6, 6.07) is 3.39. The highest BCUT2D eigenvalue weighted by molar-refractivity contribution is 9.10. The molecule has 0 unspecified atom stereocenters. The molecule has 0 aromatic heterocycles. The Morgan fingerprint density at radius 2 is 2.06 bits per heavy atom. The maximum Gasteiger partial charge on any atom is 0.417 e. The highest BCUT2D eigenvalue weighted by Crippen LogP contribution is 2.35. The summed E-state index contributed by atoms with van der Waals surface area (Å²) in [5, 5.41) is 0. The fourth-order valence-electron chi connectivity index (χ4n) is 1.39. The first kappa shape index (κ1) is 15.0. The van der Waals surface area contributed by atoms with Crippen molar-refractivity contribution in [3.05, 3.63) is 33.8 Å². The van der Waals surface area contributed by atoms with Gasteiger partial charge in [0.25, 0.3) is 5.91 Å². The highest BCUT2D eigenvalue weighted by atomic mass is 79.9. The molecule has 0 aliphatic rings. The molecule has 2 N–H and O–H groups in total. The molecule has 100 valence electrons. The van der Waals surface area contributed by atoms with Crippen molar-refractivity contribution in [1.29, 1.82) is 0 Å². The zero-order valence-electron chi connectivity index (χ0n) is 9.59. The SMILES string of the molecule is CN(CCN)C(=O)c1ccc(Br)c(C(F)(F)F)c1. The summed E-state index contributed by atoms with van der Waals surface area (Å²) < 4.78 is 37.9. The summed E-state index contributed by atoms with van der Waals surface area (Å²) >= 11 is 2.82. The van der Waals surface area contributed by atoms with Crippen LogP contribution in [0.15, 0.2) is 22.7 Å². The number of likely N-dealkylation sites (N-methyl/N-ethyl adjacent to an activating group) is 1. The standard InChI is InChI=1S/C11H12BrF3N2O/c1-17(5-4-16)10(18)7-2-3-9(12)8(6-7)11(13,14)15/h2-3,6H,4-5,16H2,1H3. The van der Waals surface area contributed by atoms with Crippen molar-refractivity contribution in [3.8, 4) is 0 Å². The van der Waals surface area contributed by atoms with Crippen LogP contribution in [0.3, 0.4) is 0 Å². The number of halogens is 4. The molecule has 0 saturated heterocycles. The first-order chi connectivity index (χ1) is 8.27. The second kappa shape index (κ2) is 5.71. The number of amides is 1. The quantitative estimate of drug-likeness (QED) is 0.928. The van der Waals surface area contributed by atoms with Gasteiger partial charge in [-0.3, -0.25) is 4.79 Å². The number of hydrogen-bond acceptors (Lipinski definition) is 2. The van der Waals surface area contributed by atoms with Crippen LogP contribution < -0.4 is 5.73 Å². The maximum atomic E-state index is 12.7. The lowest BCUT2D eigenvalue weighted by Crippen LogP contribution is -2.31. The fraction of sp³-hybridized carbons (Fsp3) is 0.364. The molecule has 0 spiro atoms. The number of hydrogen-bond donors (Lipinski definition) is 1. The topological polar surface area (TPSA) is 46.3 Å². The van der Waals surface area contributed by atoms with Gasteiger partial charge in [0.05, 0.1) is 5.56 Å². The normalized spacial score (nSPS) is 11.4. The van der Waals surface area contributed by atoms with Crippen molar-refractivity contribution in [2.45, 2.75) is 6.18 Å².